The molecule has 0 saturated heterocycles. The van der Waals surface area contributed by atoms with Crippen LogP contribution in [0.1, 0.15) is 15.9 Å². The fourth-order valence-corrected chi connectivity index (χ4v) is 2.70. The Bertz CT molecular complexity index is 867. The van der Waals surface area contributed by atoms with E-state index in [1.165, 1.54) is 6.08 Å². The van der Waals surface area contributed by atoms with Gasteiger partial charge in [0.15, 0.2) is 5.78 Å². The molecule has 0 amide bonds. The lowest BCUT2D eigenvalue weighted by molar-refractivity contribution is 0.104. The van der Waals surface area contributed by atoms with Crippen molar-refractivity contribution in [3.05, 3.63) is 94.2 Å². The van der Waals surface area contributed by atoms with Crippen LogP contribution in [0.25, 0.3) is 11.8 Å². The molecular weight excluding hydrogens is 329 g/mol. The van der Waals surface area contributed by atoms with E-state index in [-0.39, 0.29) is 5.78 Å². The number of carbonyl (C=O) groups is 1. The maximum absolute atomic E-state index is 12.4. The van der Waals surface area contributed by atoms with E-state index in [4.69, 9.17) is 23.2 Å². The van der Waals surface area contributed by atoms with Gasteiger partial charge in [-0.2, -0.15) is 0 Å². The van der Waals surface area contributed by atoms with Crippen molar-refractivity contribution in [3.63, 3.8) is 0 Å². The van der Waals surface area contributed by atoms with Crippen molar-refractivity contribution >= 4 is 35.1 Å². The van der Waals surface area contributed by atoms with Crippen LogP contribution in [0.4, 0.5) is 0 Å². The van der Waals surface area contributed by atoms with Crippen molar-refractivity contribution in [1.29, 1.82) is 0 Å². The van der Waals surface area contributed by atoms with Gasteiger partial charge in [0, 0.05) is 33.7 Å². The lowest BCUT2D eigenvalue weighted by Gasteiger charge is -2.04. The Balaban J connectivity index is 1.83. The number of benzene rings is 2. The molecule has 1 heterocycles. The predicted octanol–water partition coefficient (Wildman–Crippen LogP) is 5.68. The van der Waals surface area contributed by atoms with E-state index < -0.39 is 0 Å². The SMILES string of the molecule is O=C(/C=C/c1ccc(Cl)cc1Cl)c1cccc(-n2cccc2)c1. The number of nitrogens with zero attached hydrogens (tertiary/aromatic N) is 1. The van der Waals surface area contributed by atoms with Crippen LogP contribution in [-0.2, 0) is 0 Å². The van der Waals surface area contributed by atoms with Crippen LogP contribution in [0.15, 0.2) is 73.1 Å². The Morgan fingerprint density at radius 1 is 0.957 bits per heavy atom. The third-order valence-electron chi connectivity index (χ3n) is 3.41. The van der Waals surface area contributed by atoms with Crippen molar-refractivity contribution in [2.75, 3.05) is 0 Å². The topological polar surface area (TPSA) is 22.0 Å². The number of allylic oxidation sites excluding steroid dienone is 1. The Hall–Kier alpha value is -2.29. The zero-order chi connectivity index (χ0) is 16.2. The van der Waals surface area contributed by atoms with Crippen molar-refractivity contribution < 1.29 is 4.79 Å². The number of hydrogen-bond donors (Lipinski definition) is 0. The molecular formula is C19H13Cl2NO. The van der Waals surface area contributed by atoms with Gasteiger partial charge in [-0.3, -0.25) is 4.79 Å². The maximum atomic E-state index is 12.4. The van der Waals surface area contributed by atoms with Crippen LogP contribution in [-0.4, -0.2) is 10.4 Å². The van der Waals surface area contributed by atoms with Crippen molar-refractivity contribution in [3.8, 4) is 5.69 Å². The van der Waals surface area contributed by atoms with Gasteiger partial charge < -0.3 is 4.57 Å². The van der Waals surface area contributed by atoms with Gasteiger partial charge in [-0.25, -0.2) is 0 Å². The van der Waals surface area contributed by atoms with Gasteiger partial charge in [0.25, 0.3) is 0 Å². The van der Waals surface area contributed by atoms with Gasteiger partial charge in [-0.1, -0.05) is 41.4 Å². The van der Waals surface area contributed by atoms with E-state index in [0.717, 1.165) is 11.3 Å². The summed E-state index contributed by atoms with van der Waals surface area (Å²) in [5.74, 6) is -0.0787. The number of aromatic nitrogens is 1. The van der Waals surface area contributed by atoms with Crippen LogP contribution < -0.4 is 0 Å². The summed E-state index contributed by atoms with van der Waals surface area (Å²) in [5, 5.41) is 1.08. The van der Waals surface area contributed by atoms with Crippen LogP contribution in [0, 0.1) is 0 Å². The van der Waals surface area contributed by atoms with Crippen LogP contribution in [0.5, 0.6) is 0 Å². The number of carbonyl (C=O) groups excluding carboxylic acids is 1. The first-order chi connectivity index (χ1) is 11.1. The second-order valence-electron chi connectivity index (χ2n) is 5.00. The highest BCUT2D eigenvalue weighted by Gasteiger charge is 2.05. The highest BCUT2D eigenvalue weighted by atomic mass is 35.5. The van der Waals surface area contributed by atoms with E-state index in [9.17, 15) is 4.79 Å². The molecule has 114 valence electrons. The first kappa shape index (κ1) is 15.6. The third-order valence-corrected chi connectivity index (χ3v) is 3.97. The average molecular weight is 342 g/mol. The number of ketones is 1. The van der Waals surface area contributed by atoms with E-state index in [1.54, 1.807) is 30.3 Å². The largest absolute Gasteiger partial charge is 0.324 e. The van der Waals surface area contributed by atoms with Gasteiger partial charge in [-0.15, -0.1) is 0 Å². The van der Waals surface area contributed by atoms with Gasteiger partial charge in [0.2, 0.25) is 0 Å². The zero-order valence-corrected chi connectivity index (χ0v) is 13.6. The molecule has 0 bridgehead atoms. The van der Waals surface area contributed by atoms with Gasteiger partial charge >= 0.3 is 0 Å². The molecule has 0 aliphatic carbocycles. The Labute approximate surface area is 144 Å². The summed E-state index contributed by atoms with van der Waals surface area (Å²) < 4.78 is 1.95. The van der Waals surface area contributed by atoms with Gasteiger partial charge in [-0.05, 0) is 54.1 Å². The molecule has 0 radical (unpaired) electrons. The lowest BCUT2D eigenvalue weighted by atomic mass is 10.1. The van der Waals surface area contributed by atoms with Crippen LogP contribution in [0.3, 0.4) is 0 Å². The van der Waals surface area contributed by atoms with Crippen molar-refractivity contribution in [2.45, 2.75) is 0 Å². The molecule has 0 N–H and O–H groups in total. The molecule has 23 heavy (non-hydrogen) atoms. The maximum Gasteiger partial charge on any atom is 0.185 e. The minimum absolute atomic E-state index is 0.0787. The summed E-state index contributed by atoms with van der Waals surface area (Å²) >= 11 is 12.0. The zero-order valence-electron chi connectivity index (χ0n) is 12.1. The molecule has 0 saturated carbocycles. The molecule has 2 nitrogen and oxygen atoms in total. The normalized spacial score (nSPS) is 11.0. The number of rotatable bonds is 4. The fraction of sp³-hybridized carbons (Fsp3) is 0. The minimum Gasteiger partial charge on any atom is -0.324 e. The molecule has 3 rings (SSSR count). The first-order valence-electron chi connectivity index (χ1n) is 7.04. The Morgan fingerprint density at radius 2 is 1.74 bits per heavy atom. The summed E-state index contributed by atoms with van der Waals surface area (Å²) in [6.45, 7) is 0. The molecule has 2 aromatic carbocycles. The fourth-order valence-electron chi connectivity index (χ4n) is 2.22. The van der Waals surface area contributed by atoms with Gasteiger partial charge in [0.05, 0.1) is 0 Å². The predicted molar refractivity (Wildman–Crippen MR) is 95.6 cm³/mol. The summed E-state index contributed by atoms with van der Waals surface area (Å²) in [4.78, 5) is 12.4. The molecule has 0 aliphatic heterocycles. The summed E-state index contributed by atoms with van der Waals surface area (Å²) in [5.41, 5.74) is 2.32. The van der Waals surface area contributed by atoms with E-state index in [2.05, 4.69) is 0 Å². The highest BCUT2D eigenvalue weighted by Crippen LogP contribution is 2.22. The summed E-state index contributed by atoms with van der Waals surface area (Å²) in [7, 11) is 0. The molecule has 0 unspecified atom stereocenters. The summed E-state index contributed by atoms with van der Waals surface area (Å²) in [6.07, 6.45) is 7.09. The Kier molecular flexibility index (Phi) is 4.65. The average Bonchev–Trinajstić information content (AvgIpc) is 3.08. The second kappa shape index (κ2) is 6.86. The van der Waals surface area contributed by atoms with E-state index >= 15 is 0 Å². The molecule has 0 aliphatic rings. The minimum atomic E-state index is -0.0787. The molecule has 0 fully saturated rings. The standard InChI is InChI=1S/C19H13Cl2NO/c20-16-8-6-14(18(21)13-16)7-9-19(23)15-4-3-5-17(12-15)22-10-1-2-11-22/h1-13H/b9-7+. The number of halogens is 2. The van der Waals surface area contributed by atoms with Gasteiger partial charge in [0.1, 0.15) is 0 Å². The Morgan fingerprint density at radius 3 is 2.48 bits per heavy atom. The molecule has 3 aromatic rings. The highest BCUT2D eigenvalue weighted by molar-refractivity contribution is 6.35. The van der Waals surface area contributed by atoms with Crippen molar-refractivity contribution in [2.24, 2.45) is 0 Å². The molecule has 0 spiro atoms. The van der Waals surface area contributed by atoms with Crippen molar-refractivity contribution in [1.82, 2.24) is 4.57 Å². The molecule has 0 atom stereocenters. The molecule has 4 heteroatoms. The smallest absolute Gasteiger partial charge is 0.185 e. The van der Waals surface area contributed by atoms with E-state index in [1.807, 2.05) is 47.3 Å². The first-order valence-corrected chi connectivity index (χ1v) is 7.80. The van der Waals surface area contributed by atoms with E-state index in [0.29, 0.717) is 15.6 Å². The number of hydrogen-bond acceptors (Lipinski definition) is 1. The quantitative estimate of drug-likeness (QED) is 0.442. The summed E-state index contributed by atoms with van der Waals surface area (Å²) in [6, 6.07) is 16.5. The third kappa shape index (κ3) is 3.73. The molecule has 1 aromatic heterocycles. The second-order valence-corrected chi connectivity index (χ2v) is 5.85. The van der Waals surface area contributed by atoms with Crippen LogP contribution >= 0.6 is 23.2 Å². The lowest BCUT2D eigenvalue weighted by Crippen LogP contribution is -1.97. The monoisotopic (exact) mass is 341 g/mol. The van der Waals surface area contributed by atoms with Crippen LogP contribution in [0.2, 0.25) is 10.0 Å².